The molecule has 12 nitrogen and oxygen atoms in total. The largest absolute Gasteiger partial charge is 0.493 e. The first-order valence-corrected chi connectivity index (χ1v) is 12.6. The van der Waals surface area contributed by atoms with Crippen molar-refractivity contribution in [3.63, 3.8) is 0 Å². The van der Waals surface area contributed by atoms with Gasteiger partial charge in [-0.25, -0.2) is 14.8 Å². The molecule has 0 saturated carbocycles. The van der Waals surface area contributed by atoms with Crippen LogP contribution in [0, 0.1) is 0 Å². The Morgan fingerprint density at radius 1 is 0.897 bits per heavy atom. The van der Waals surface area contributed by atoms with Crippen LogP contribution >= 0.6 is 11.8 Å². The summed E-state index contributed by atoms with van der Waals surface area (Å²) in [5.41, 5.74) is 0.731. The lowest BCUT2D eigenvalue weighted by atomic mass is 10.2. The fourth-order valence-electron chi connectivity index (χ4n) is 3.81. The number of nitrogens with zero attached hydrogens (tertiary/aromatic N) is 4. The summed E-state index contributed by atoms with van der Waals surface area (Å²) < 4.78 is 12.9. The summed E-state index contributed by atoms with van der Waals surface area (Å²) in [6.07, 6.45) is 0. The van der Waals surface area contributed by atoms with E-state index >= 15 is 0 Å². The Labute approximate surface area is 227 Å². The van der Waals surface area contributed by atoms with Crippen LogP contribution in [0.25, 0.3) is 22.4 Å². The quantitative estimate of drug-likeness (QED) is 0.249. The molecule has 0 unspecified atom stereocenters. The number of methoxy groups -OCH3 is 2. The van der Waals surface area contributed by atoms with Crippen molar-refractivity contribution in [3.05, 3.63) is 63.3 Å². The molecule has 0 saturated heterocycles. The van der Waals surface area contributed by atoms with Crippen molar-refractivity contribution in [1.29, 1.82) is 0 Å². The molecule has 0 aliphatic heterocycles. The number of hydrogen-bond acceptors (Lipinski definition) is 9. The zero-order valence-electron chi connectivity index (χ0n) is 21.9. The van der Waals surface area contributed by atoms with Gasteiger partial charge >= 0.3 is 5.69 Å². The van der Waals surface area contributed by atoms with Gasteiger partial charge in [0.1, 0.15) is 10.4 Å². The minimum absolute atomic E-state index is 0.0725. The number of nitrogens with one attached hydrogen (secondary N) is 2. The van der Waals surface area contributed by atoms with Gasteiger partial charge in [-0.05, 0) is 42.5 Å². The average Bonchev–Trinajstić information content (AvgIpc) is 2.93. The standard InChI is InChI=1S/C26H26N6O6S/c1-14(33)27-16-7-9-17(10-8-16)28-20(34)13-39-24-21-23(31(2)26(36)32(3)25(21)35)29-22(30-24)15-6-11-18(37-4)19(12-15)38-5/h6-12H,13H2,1-5H3,(H,27,33)(H,28,34). The van der Waals surface area contributed by atoms with E-state index < -0.39 is 11.2 Å². The molecule has 0 spiro atoms. The Morgan fingerprint density at radius 2 is 1.54 bits per heavy atom. The number of aromatic nitrogens is 4. The second-order valence-corrected chi connectivity index (χ2v) is 9.39. The van der Waals surface area contributed by atoms with E-state index in [1.807, 2.05) is 0 Å². The van der Waals surface area contributed by atoms with E-state index in [1.165, 1.54) is 39.8 Å². The van der Waals surface area contributed by atoms with Crippen LogP contribution in [0.4, 0.5) is 11.4 Å². The predicted molar refractivity (Wildman–Crippen MR) is 149 cm³/mol. The molecule has 2 N–H and O–H groups in total. The summed E-state index contributed by atoms with van der Waals surface area (Å²) in [4.78, 5) is 58.8. The molecule has 4 aromatic rings. The van der Waals surface area contributed by atoms with Crippen LogP contribution in [0.3, 0.4) is 0 Å². The number of anilines is 2. The summed E-state index contributed by atoms with van der Waals surface area (Å²) in [5.74, 6) is 0.596. The Hall–Kier alpha value is -4.65. The average molecular weight is 551 g/mol. The topological polar surface area (TPSA) is 146 Å². The lowest BCUT2D eigenvalue weighted by molar-refractivity contribution is -0.114. The number of amides is 2. The zero-order chi connectivity index (χ0) is 28.3. The molecule has 2 heterocycles. The van der Waals surface area contributed by atoms with Crippen LogP contribution in [0.1, 0.15) is 6.92 Å². The van der Waals surface area contributed by atoms with E-state index in [4.69, 9.17) is 9.47 Å². The first kappa shape index (κ1) is 27.4. The maximum atomic E-state index is 13.1. The van der Waals surface area contributed by atoms with Crippen LogP contribution in [-0.2, 0) is 23.7 Å². The number of aryl methyl sites for hydroxylation is 1. The smallest absolute Gasteiger partial charge is 0.332 e. The molecule has 0 aliphatic rings. The van der Waals surface area contributed by atoms with Gasteiger partial charge in [-0.2, -0.15) is 0 Å². The van der Waals surface area contributed by atoms with Gasteiger partial charge < -0.3 is 20.1 Å². The van der Waals surface area contributed by atoms with Crippen molar-refractivity contribution in [2.45, 2.75) is 11.9 Å². The highest BCUT2D eigenvalue weighted by Crippen LogP contribution is 2.33. The molecule has 4 rings (SSSR count). The van der Waals surface area contributed by atoms with Crippen LogP contribution in [0.15, 0.2) is 57.1 Å². The van der Waals surface area contributed by atoms with Crippen molar-refractivity contribution >= 4 is 46.0 Å². The first-order valence-electron chi connectivity index (χ1n) is 11.6. The summed E-state index contributed by atoms with van der Waals surface area (Å²) in [5, 5.41) is 5.81. The minimum Gasteiger partial charge on any atom is -0.493 e. The molecule has 2 amide bonds. The molecule has 0 aliphatic carbocycles. The predicted octanol–water partition coefficient (Wildman–Crippen LogP) is 2.40. The molecular weight excluding hydrogens is 524 g/mol. The van der Waals surface area contributed by atoms with Crippen LogP contribution in [-0.4, -0.2) is 50.9 Å². The number of carbonyl (C=O) groups is 2. The van der Waals surface area contributed by atoms with Crippen molar-refractivity contribution in [1.82, 2.24) is 19.1 Å². The van der Waals surface area contributed by atoms with Crippen molar-refractivity contribution in [3.8, 4) is 22.9 Å². The van der Waals surface area contributed by atoms with Gasteiger partial charge in [-0.15, -0.1) is 0 Å². The van der Waals surface area contributed by atoms with Gasteiger partial charge in [0.05, 0.1) is 20.0 Å². The molecule has 13 heteroatoms. The SMILES string of the molecule is COc1ccc(-c2nc(SCC(=O)Nc3ccc(NC(C)=O)cc3)c3c(=O)n(C)c(=O)n(C)c3n2)cc1OC. The maximum absolute atomic E-state index is 13.1. The van der Waals surface area contributed by atoms with Crippen LogP contribution in [0.2, 0.25) is 0 Å². The summed E-state index contributed by atoms with van der Waals surface area (Å²) in [6.45, 7) is 1.41. The van der Waals surface area contributed by atoms with Gasteiger partial charge in [0.25, 0.3) is 5.56 Å². The maximum Gasteiger partial charge on any atom is 0.332 e. The fraction of sp³-hybridized carbons (Fsp3) is 0.231. The summed E-state index contributed by atoms with van der Waals surface area (Å²) in [7, 11) is 5.91. The number of fused-ring (bicyclic) bond motifs is 1. The third-order valence-electron chi connectivity index (χ3n) is 5.74. The van der Waals surface area contributed by atoms with Gasteiger partial charge in [0.2, 0.25) is 11.8 Å². The number of hydrogen-bond donors (Lipinski definition) is 2. The lowest BCUT2D eigenvalue weighted by Gasteiger charge is -2.13. The number of rotatable bonds is 8. The second-order valence-electron chi connectivity index (χ2n) is 8.42. The third-order valence-corrected chi connectivity index (χ3v) is 6.71. The number of benzene rings is 2. The molecule has 39 heavy (non-hydrogen) atoms. The molecule has 2 aromatic carbocycles. The molecule has 0 radical (unpaired) electrons. The van der Waals surface area contributed by atoms with Crippen molar-refractivity contribution < 1.29 is 19.1 Å². The lowest BCUT2D eigenvalue weighted by Crippen LogP contribution is -2.37. The monoisotopic (exact) mass is 550 g/mol. The molecule has 202 valence electrons. The van der Waals surface area contributed by atoms with Crippen molar-refractivity contribution in [2.24, 2.45) is 14.1 Å². The Morgan fingerprint density at radius 3 is 2.15 bits per heavy atom. The number of carbonyl (C=O) groups excluding carboxylic acids is 2. The highest BCUT2D eigenvalue weighted by atomic mass is 32.2. The highest BCUT2D eigenvalue weighted by molar-refractivity contribution is 8.00. The second kappa shape index (κ2) is 11.4. The van der Waals surface area contributed by atoms with E-state index in [0.29, 0.717) is 28.4 Å². The normalized spacial score (nSPS) is 10.8. The van der Waals surface area contributed by atoms with Crippen molar-refractivity contribution in [2.75, 3.05) is 30.6 Å². The zero-order valence-corrected chi connectivity index (χ0v) is 22.7. The van der Waals surface area contributed by atoms with E-state index in [1.54, 1.807) is 42.5 Å². The van der Waals surface area contributed by atoms with E-state index in [0.717, 1.165) is 16.3 Å². The van der Waals surface area contributed by atoms with Crippen LogP contribution < -0.4 is 31.4 Å². The third kappa shape index (κ3) is 5.77. The van der Waals surface area contributed by atoms with E-state index in [-0.39, 0.29) is 39.5 Å². The molecule has 0 bridgehead atoms. The fourth-order valence-corrected chi connectivity index (χ4v) is 4.62. The minimum atomic E-state index is -0.566. The molecular formula is C26H26N6O6S. The highest BCUT2D eigenvalue weighted by Gasteiger charge is 2.20. The van der Waals surface area contributed by atoms with Crippen LogP contribution in [0.5, 0.6) is 11.5 Å². The number of ether oxygens (including phenoxy) is 2. The Balaban J connectivity index is 1.70. The van der Waals surface area contributed by atoms with Gasteiger partial charge in [-0.1, -0.05) is 11.8 Å². The molecule has 0 fully saturated rings. The van der Waals surface area contributed by atoms with E-state index in [9.17, 15) is 19.2 Å². The number of thioether (sulfide) groups is 1. The Kier molecular flexibility index (Phi) is 8.00. The summed E-state index contributed by atoms with van der Waals surface area (Å²) in [6, 6.07) is 11.8. The van der Waals surface area contributed by atoms with E-state index in [2.05, 4.69) is 20.6 Å². The first-order chi connectivity index (χ1) is 18.6. The van der Waals surface area contributed by atoms with Gasteiger partial charge in [0, 0.05) is 38.0 Å². The Bertz CT molecular complexity index is 1700. The van der Waals surface area contributed by atoms with Gasteiger partial charge in [-0.3, -0.25) is 23.5 Å². The summed E-state index contributed by atoms with van der Waals surface area (Å²) >= 11 is 1.05. The molecule has 2 aromatic heterocycles. The van der Waals surface area contributed by atoms with Gasteiger partial charge in [0.15, 0.2) is 23.0 Å². The molecule has 0 atom stereocenters.